The van der Waals surface area contributed by atoms with Crippen molar-refractivity contribution < 1.29 is 22.1 Å². The summed E-state index contributed by atoms with van der Waals surface area (Å²) in [5.41, 5.74) is 1.80. The summed E-state index contributed by atoms with van der Waals surface area (Å²) in [7, 11) is -3.74. The molecule has 0 N–H and O–H groups in total. The highest BCUT2D eigenvalue weighted by Gasteiger charge is 2.24. The zero-order valence-corrected chi connectivity index (χ0v) is 15.9. The molecule has 0 atom stereocenters. The van der Waals surface area contributed by atoms with Crippen LogP contribution in [-0.4, -0.2) is 32.7 Å². The molecule has 3 rings (SSSR count). The summed E-state index contributed by atoms with van der Waals surface area (Å²) < 4.78 is 50.2. The molecule has 1 heterocycles. The first-order valence-corrected chi connectivity index (χ1v) is 10.4. The van der Waals surface area contributed by atoms with Gasteiger partial charge in [0.1, 0.15) is 4.90 Å². The van der Waals surface area contributed by atoms with Gasteiger partial charge in [-0.2, -0.15) is 0 Å². The second-order valence-electron chi connectivity index (χ2n) is 6.64. The molecule has 1 fully saturated rings. The van der Waals surface area contributed by atoms with Gasteiger partial charge in [-0.05, 0) is 42.7 Å². The number of nitrogens with zero attached hydrogens (tertiary/aromatic N) is 2. The molecular formula is C19H18F2N2O4S. The molecule has 148 valence electrons. The molecule has 2 aromatic rings. The van der Waals surface area contributed by atoms with Gasteiger partial charge in [0, 0.05) is 31.1 Å². The van der Waals surface area contributed by atoms with Crippen molar-refractivity contribution in [3.05, 3.63) is 69.3 Å². The van der Waals surface area contributed by atoms with E-state index in [9.17, 15) is 27.3 Å². The van der Waals surface area contributed by atoms with E-state index < -0.39 is 32.1 Å². The summed E-state index contributed by atoms with van der Waals surface area (Å²) in [5, 5.41) is 11.1. The van der Waals surface area contributed by atoms with E-state index in [0.717, 1.165) is 24.0 Å². The van der Waals surface area contributed by atoms with Crippen molar-refractivity contribution in [2.24, 2.45) is 0 Å². The van der Waals surface area contributed by atoms with E-state index in [2.05, 4.69) is 0 Å². The predicted molar refractivity (Wildman–Crippen MR) is 102 cm³/mol. The van der Waals surface area contributed by atoms with Gasteiger partial charge in [0.25, 0.3) is 5.69 Å². The highest BCUT2D eigenvalue weighted by atomic mass is 32.2. The van der Waals surface area contributed by atoms with E-state index in [1.165, 1.54) is 24.3 Å². The van der Waals surface area contributed by atoms with Crippen molar-refractivity contribution in [1.82, 2.24) is 0 Å². The van der Waals surface area contributed by atoms with Crippen molar-refractivity contribution in [2.45, 2.75) is 17.7 Å². The van der Waals surface area contributed by atoms with Gasteiger partial charge >= 0.3 is 0 Å². The number of anilines is 1. The van der Waals surface area contributed by atoms with Crippen LogP contribution in [0.5, 0.6) is 0 Å². The van der Waals surface area contributed by atoms with Crippen LogP contribution >= 0.6 is 0 Å². The normalized spacial score (nSPS) is 14.8. The SMILES string of the molecule is CS(=O)(=O)c1cc(N2CCC(=Cc3ccc(F)c(F)c3)CC2)ccc1[N+](=O)[O-]. The number of halogens is 2. The third-order valence-corrected chi connectivity index (χ3v) is 5.75. The Morgan fingerprint density at radius 2 is 1.75 bits per heavy atom. The van der Waals surface area contributed by atoms with Gasteiger partial charge in [0.05, 0.1) is 4.92 Å². The molecule has 1 saturated heterocycles. The standard InChI is InChI=1S/C19H18F2N2O4S/c1-28(26,27)19-12-15(3-5-18(19)23(24)25)22-8-6-13(7-9-22)10-14-2-4-16(20)17(21)11-14/h2-5,10-12H,6-9H2,1H3. The third kappa shape index (κ3) is 4.36. The number of rotatable bonds is 4. The van der Waals surface area contributed by atoms with E-state index in [4.69, 9.17) is 0 Å². The Balaban J connectivity index is 1.78. The molecule has 0 bridgehead atoms. The molecule has 0 amide bonds. The van der Waals surface area contributed by atoms with Crippen LogP contribution in [0.3, 0.4) is 0 Å². The van der Waals surface area contributed by atoms with Gasteiger partial charge < -0.3 is 4.90 Å². The van der Waals surface area contributed by atoms with Crippen molar-refractivity contribution in [1.29, 1.82) is 0 Å². The van der Waals surface area contributed by atoms with Crippen molar-refractivity contribution in [2.75, 3.05) is 24.2 Å². The lowest BCUT2D eigenvalue weighted by molar-refractivity contribution is -0.387. The fraction of sp³-hybridized carbons (Fsp3) is 0.263. The van der Waals surface area contributed by atoms with Crippen LogP contribution < -0.4 is 4.90 Å². The highest BCUT2D eigenvalue weighted by Crippen LogP contribution is 2.31. The number of hydrogen-bond acceptors (Lipinski definition) is 5. The summed E-state index contributed by atoms with van der Waals surface area (Å²) in [6, 6.07) is 7.81. The smallest absolute Gasteiger partial charge is 0.288 e. The Morgan fingerprint density at radius 1 is 1.07 bits per heavy atom. The van der Waals surface area contributed by atoms with Gasteiger partial charge in [0.15, 0.2) is 21.5 Å². The van der Waals surface area contributed by atoms with Gasteiger partial charge in [0.2, 0.25) is 0 Å². The molecule has 0 spiro atoms. The molecule has 0 radical (unpaired) electrons. The molecule has 0 unspecified atom stereocenters. The highest BCUT2D eigenvalue weighted by molar-refractivity contribution is 7.90. The van der Waals surface area contributed by atoms with Crippen LogP contribution in [0.1, 0.15) is 18.4 Å². The first-order valence-electron chi connectivity index (χ1n) is 8.53. The minimum Gasteiger partial charge on any atom is -0.371 e. The Morgan fingerprint density at radius 3 is 2.32 bits per heavy atom. The quantitative estimate of drug-likeness (QED) is 0.565. The number of hydrogen-bond donors (Lipinski definition) is 0. The number of piperidine rings is 1. The molecule has 0 aliphatic carbocycles. The fourth-order valence-electron chi connectivity index (χ4n) is 3.18. The summed E-state index contributed by atoms with van der Waals surface area (Å²) in [6.07, 6.45) is 4.07. The van der Waals surface area contributed by atoms with Crippen LogP contribution in [0.2, 0.25) is 0 Å². The molecule has 0 saturated carbocycles. The average molecular weight is 408 g/mol. The summed E-state index contributed by atoms with van der Waals surface area (Å²) in [6.45, 7) is 1.16. The zero-order valence-electron chi connectivity index (χ0n) is 15.1. The largest absolute Gasteiger partial charge is 0.371 e. The van der Waals surface area contributed by atoms with Gasteiger partial charge in [-0.3, -0.25) is 10.1 Å². The lowest BCUT2D eigenvalue weighted by Gasteiger charge is -2.30. The predicted octanol–water partition coefficient (Wildman–Crippen LogP) is 3.96. The van der Waals surface area contributed by atoms with Crippen LogP contribution in [0, 0.1) is 21.7 Å². The van der Waals surface area contributed by atoms with Crippen LogP contribution in [0.4, 0.5) is 20.2 Å². The molecule has 0 aromatic heterocycles. The Labute approximate surface area is 161 Å². The maximum Gasteiger partial charge on any atom is 0.288 e. The monoisotopic (exact) mass is 408 g/mol. The lowest BCUT2D eigenvalue weighted by atomic mass is 10.0. The summed E-state index contributed by atoms with van der Waals surface area (Å²) >= 11 is 0. The van der Waals surface area contributed by atoms with Gasteiger partial charge in [-0.15, -0.1) is 0 Å². The Hall–Kier alpha value is -2.81. The molecule has 1 aliphatic heterocycles. The zero-order chi connectivity index (χ0) is 20.5. The van der Waals surface area contributed by atoms with Crippen molar-refractivity contribution in [3.63, 3.8) is 0 Å². The second kappa shape index (κ2) is 7.67. The Kier molecular flexibility index (Phi) is 5.46. The van der Waals surface area contributed by atoms with Crippen LogP contribution in [-0.2, 0) is 9.84 Å². The lowest BCUT2D eigenvalue weighted by Crippen LogP contribution is -2.30. The molecule has 28 heavy (non-hydrogen) atoms. The first-order chi connectivity index (χ1) is 13.1. The van der Waals surface area contributed by atoms with Crippen LogP contribution in [0.25, 0.3) is 6.08 Å². The minimum absolute atomic E-state index is 0.307. The molecule has 6 nitrogen and oxygen atoms in total. The fourth-order valence-corrected chi connectivity index (χ4v) is 4.04. The van der Waals surface area contributed by atoms with E-state index in [1.54, 1.807) is 0 Å². The van der Waals surface area contributed by atoms with E-state index >= 15 is 0 Å². The second-order valence-corrected chi connectivity index (χ2v) is 8.63. The summed E-state index contributed by atoms with van der Waals surface area (Å²) in [4.78, 5) is 12.0. The number of benzene rings is 2. The molecule has 1 aliphatic rings. The summed E-state index contributed by atoms with van der Waals surface area (Å²) in [5.74, 6) is -1.79. The number of nitro groups is 1. The maximum absolute atomic E-state index is 13.3. The van der Waals surface area contributed by atoms with E-state index in [1.807, 2.05) is 11.0 Å². The van der Waals surface area contributed by atoms with E-state index in [0.29, 0.717) is 37.2 Å². The number of sulfone groups is 1. The number of nitro benzene ring substituents is 1. The molecular weight excluding hydrogens is 390 g/mol. The third-order valence-electron chi connectivity index (χ3n) is 4.62. The average Bonchev–Trinajstić information content (AvgIpc) is 2.64. The first kappa shape index (κ1) is 19.9. The topological polar surface area (TPSA) is 80.5 Å². The van der Waals surface area contributed by atoms with E-state index in [-0.39, 0.29) is 4.90 Å². The van der Waals surface area contributed by atoms with Gasteiger partial charge in [-0.25, -0.2) is 17.2 Å². The molecule has 9 heteroatoms. The Bertz CT molecular complexity index is 1060. The molecule has 2 aromatic carbocycles. The maximum atomic E-state index is 13.3. The van der Waals surface area contributed by atoms with Crippen molar-refractivity contribution in [3.8, 4) is 0 Å². The minimum atomic E-state index is -3.74. The van der Waals surface area contributed by atoms with Crippen molar-refractivity contribution >= 4 is 27.3 Å². The van der Waals surface area contributed by atoms with Gasteiger partial charge in [-0.1, -0.05) is 17.7 Å². The van der Waals surface area contributed by atoms with Crippen LogP contribution in [0.15, 0.2) is 46.9 Å².